The third-order valence-electron chi connectivity index (χ3n) is 3.17. The van der Waals surface area contributed by atoms with Crippen molar-refractivity contribution < 1.29 is 0 Å². The summed E-state index contributed by atoms with van der Waals surface area (Å²) in [5, 5.41) is 1.91. The fourth-order valence-corrected chi connectivity index (χ4v) is 3.03. The molecule has 0 bridgehead atoms. The molecule has 2 aromatic rings. The number of rotatable bonds is 1. The van der Waals surface area contributed by atoms with Crippen LogP contribution in [0.5, 0.6) is 0 Å². The number of fused-ring (bicyclic) bond motifs is 1. The highest BCUT2D eigenvalue weighted by Gasteiger charge is 2.25. The SMILES string of the molecule is CN1CCC[C@H]1c1nc2ccsc2c(=O)[nH]1. The Bertz CT molecular complexity index is 574. The Hall–Kier alpha value is -1.20. The minimum atomic E-state index is -0.00435. The number of hydrogen-bond donors (Lipinski definition) is 1. The quantitative estimate of drug-likeness (QED) is 0.819. The monoisotopic (exact) mass is 235 g/mol. The maximum absolute atomic E-state index is 11.8. The summed E-state index contributed by atoms with van der Waals surface area (Å²) in [5.74, 6) is 0.816. The minimum absolute atomic E-state index is 0.00435. The molecule has 5 heteroatoms. The molecule has 1 aliphatic rings. The molecule has 0 aromatic carbocycles. The third kappa shape index (κ3) is 1.47. The average molecular weight is 235 g/mol. The standard InChI is InChI=1S/C11H13N3OS/c1-14-5-2-3-8(14)10-12-7-4-6-16-9(7)11(15)13-10/h4,6,8H,2-3,5H2,1H3,(H,12,13,15)/t8-/m0/s1. The second-order valence-electron chi connectivity index (χ2n) is 4.22. The first-order valence-corrected chi connectivity index (χ1v) is 6.31. The summed E-state index contributed by atoms with van der Waals surface area (Å²) in [6.07, 6.45) is 2.25. The van der Waals surface area contributed by atoms with Gasteiger partial charge in [0.05, 0.1) is 11.6 Å². The van der Waals surface area contributed by atoms with Crippen molar-refractivity contribution in [2.75, 3.05) is 13.6 Å². The molecular weight excluding hydrogens is 222 g/mol. The lowest BCUT2D eigenvalue weighted by Gasteiger charge is -2.17. The molecule has 3 rings (SSSR count). The number of nitrogens with one attached hydrogen (secondary N) is 1. The molecule has 4 nitrogen and oxygen atoms in total. The molecule has 1 N–H and O–H groups in total. The number of aromatic amines is 1. The highest BCUT2D eigenvalue weighted by Crippen LogP contribution is 2.28. The molecule has 1 saturated heterocycles. The van der Waals surface area contributed by atoms with Gasteiger partial charge >= 0.3 is 0 Å². The van der Waals surface area contributed by atoms with Crippen molar-refractivity contribution in [1.29, 1.82) is 0 Å². The number of likely N-dealkylation sites (tertiary alicyclic amines) is 1. The first kappa shape index (κ1) is 9.99. The molecule has 0 aliphatic carbocycles. The van der Waals surface area contributed by atoms with Crippen LogP contribution in [-0.4, -0.2) is 28.5 Å². The van der Waals surface area contributed by atoms with Gasteiger partial charge in [0.2, 0.25) is 0 Å². The molecule has 0 radical (unpaired) electrons. The van der Waals surface area contributed by atoms with Crippen molar-refractivity contribution in [2.24, 2.45) is 0 Å². The first-order valence-electron chi connectivity index (χ1n) is 5.43. The molecular formula is C11H13N3OS. The van der Waals surface area contributed by atoms with Gasteiger partial charge in [0.15, 0.2) is 0 Å². The number of aromatic nitrogens is 2. The summed E-state index contributed by atoms with van der Waals surface area (Å²) in [6.45, 7) is 1.08. The van der Waals surface area contributed by atoms with E-state index >= 15 is 0 Å². The molecule has 0 unspecified atom stereocenters. The normalized spacial score (nSPS) is 21.9. The predicted molar refractivity (Wildman–Crippen MR) is 64.8 cm³/mol. The van der Waals surface area contributed by atoms with Gasteiger partial charge in [-0.25, -0.2) is 4.98 Å². The van der Waals surface area contributed by atoms with E-state index < -0.39 is 0 Å². The second-order valence-corrected chi connectivity index (χ2v) is 5.14. The van der Waals surface area contributed by atoms with Crippen LogP contribution in [0.25, 0.3) is 10.2 Å². The average Bonchev–Trinajstić information content (AvgIpc) is 2.85. The lowest BCUT2D eigenvalue weighted by atomic mass is 10.2. The smallest absolute Gasteiger partial charge is 0.268 e. The summed E-state index contributed by atoms with van der Waals surface area (Å²) in [7, 11) is 2.08. The summed E-state index contributed by atoms with van der Waals surface area (Å²) in [5.41, 5.74) is 0.819. The zero-order chi connectivity index (χ0) is 11.1. The van der Waals surface area contributed by atoms with E-state index in [9.17, 15) is 4.79 Å². The fraction of sp³-hybridized carbons (Fsp3) is 0.455. The summed E-state index contributed by atoms with van der Waals surface area (Å²) in [6, 6.07) is 2.19. The van der Waals surface area contributed by atoms with Crippen LogP contribution in [0.1, 0.15) is 24.7 Å². The van der Waals surface area contributed by atoms with Crippen LogP contribution in [0.15, 0.2) is 16.2 Å². The van der Waals surface area contributed by atoms with Crippen LogP contribution < -0.4 is 5.56 Å². The summed E-state index contributed by atoms with van der Waals surface area (Å²) >= 11 is 1.45. The van der Waals surface area contributed by atoms with Crippen molar-refractivity contribution in [3.05, 3.63) is 27.6 Å². The topological polar surface area (TPSA) is 49.0 Å². The van der Waals surface area contributed by atoms with Gasteiger partial charge in [-0.2, -0.15) is 0 Å². The van der Waals surface area contributed by atoms with Crippen LogP contribution in [0, 0.1) is 0 Å². The lowest BCUT2D eigenvalue weighted by Crippen LogP contribution is -2.22. The molecule has 0 spiro atoms. The molecule has 84 valence electrons. The lowest BCUT2D eigenvalue weighted by molar-refractivity contribution is 0.306. The van der Waals surface area contributed by atoms with Gasteiger partial charge in [0, 0.05) is 0 Å². The summed E-state index contributed by atoms with van der Waals surface area (Å²) < 4.78 is 0.726. The maximum atomic E-state index is 11.8. The number of H-pyrrole nitrogens is 1. The van der Waals surface area contributed by atoms with E-state index in [2.05, 4.69) is 21.9 Å². The molecule has 1 atom stereocenters. The van der Waals surface area contributed by atoms with E-state index in [1.165, 1.54) is 17.8 Å². The van der Waals surface area contributed by atoms with Crippen LogP contribution in [0.4, 0.5) is 0 Å². The van der Waals surface area contributed by atoms with E-state index in [-0.39, 0.29) is 11.6 Å². The van der Waals surface area contributed by atoms with Crippen molar-refractivity contribution >= 4 is 21.6 Å². The Kier molecular flexibility index (Phi) is 2.29. The van der Waals surface area contributed by atoms with E-state index in [0.717, 1.165) is 29.0 Å². The van der Waals surface area contributed by atoms with Crippen molar-refractivity contribution in [1.82, 2.24) is 14.9 Å². The molecule has 16 heavy (non-hydrogen) atoms. The van der Waals surface area contributed by atoms with Gasteiger partial charge in [0.25, 0.3) is 5.56 Å². The predicted octanol–water partition coefficient (Wildman–Crippen LogP) is 1.75. The molecule has 3 heterocycles. The van der Waals surface area contributed by atoms with Crippen LogP contribution in [-0.2, 0) is 0 Å². The zero-order valence-electron chi connectivity index (χ0n) is 9.06. The van der Waals surface area contributed by atoms with Gasteiger partial charge < -0.3 is 4.98 Å². The maximum Gasteiger partial charge on any atom is 0.268 e. The molecule has 0 saturated carbocycles. The van der Waals surface area contributed by atoms with Crippen LogP contribution in [0.2, 0.25) is 0 Å². The molecule has 1 fully saturated rings. The largest absolute Gasteiger partial charge is 0.308 e. The van der Waals surface area contributed by atoms with E-state index in [1.807, 2.05) is 11.4 Å². The Labute approximate surface area is 96.9 Å². The van der Waals surface area contributed by atoms with E-state index in [1.54, 1.807) is 0 Å². The molecule has 2 aromatic heterocycles. The zero-order valence-corrected chi connectivity index (χ0v) is 9.88. The fourth-order valence-electron chi connectivity index (χ4n) is 2.30. The van der Waals surface area contributed by atoms with E-state index in [4.69, 9.17) is 0 Å². The van der Waals surface area contributed by atoms with Crippen LogP contribution in [0.3, 0.4) is 0 Å². The summed E-state index contributed by atoms with van der Waals surface area (Å²) in [4.78, 5) is 21.5. The minimum Gasteiger partial charge on any atom is -0.308 e. The highest BCUT2D eigenvalue weighted by molar-refractivity contribution is 7.17. The Balaban J connectivity index is 2.13. The number of hydrogen-bond acceptors (Lipinski definition) is 4. The van der Waals surface area contributed by atoms with Gasteiger partial charge in [0.1, 0.15) is 10.5 Å². The third-order valence-corrected chi connectivity index (χ3v) is 4.07. The van der Waals surface area contributed by atoms with Crippen molar-refractivity contribution in [3.63, 3.8) is 0 Å². The molecule has 1 aliphatic heterocycles. The second kappa shape index (κ2) is 3.68. The van der Waals surface area contributed by atoms with Gasteiger partial charge in [-0.15, -0.1) is 11.3 Å². The first-order chi connectivity index (χ1) is 7.75. The Morgan fingerprint density at radius 1 is 1.62 bits per heavy atom. The van der Waals surface area contributed by atoms with Gasteiger partial charge in [-0.3, -0.25) is 9.69 Å². The molecule has 0 amide bonds. The number of nitrogens with zero attached hydrogens (tertiary/aromatic N) is 2. The van der Waals surface area contributed by atoms with Gasteiger partial charge in [-0.05, 0) is 37.9 Å². The van der Waals surface area contributed by atoms with Crippen molar-refractivity contribution in [3.8, 4) is 0 Å². The van der Waals surface area contributed by atoms with Crippen molar-refractivity contribution in [2.45, 2.75) is 18.9 Å². The van der Waals surface area contributed by atoms with Crippen LogP contribution >= 0.6 is 11.3 Å². The van der Waals surface area contributed by atoms with Gasteiger partial charge in [-0.1, -0.05) is 0 Å². The highest BCUT2D eigenvalue weighted by atomic mass is 32.1. The van der Waals surface area contributed by atoms with E-state index in [0.29, 0.717) is 0 Å². The Morgan fingerprint density at radius 3 is 3.25 bits per heavy atom. The number of thiophene rings is 1. The Morgan fingerprint density at radius 2 is 2.50 bits per heavy atom.